The molecule has 0 spiro atoms. The van der Waals surface area contributed by atoms with E-state index in [9.17, 15) is 4.79 Å². The Labute approximate surface area is 157 Å². The Morgan fingerprint density at radius 1 is 0.923 bits per heavy atom. The van der Waals surface area contributed by atoms with Crippen molar-refractivity contribution < 1.29 is 4.79 Å². The summed E-state index contributed by atoms with van der Waals surface area (Å²) in [4.78, 5) is 12.8. The Morgan fingerprint density at radius 2 is 1.54 bits per heavy atom. The van der Waals surface area contributed by atoms with Crippen molar-refractivity contribution in [1.29, 1.82) is 0 Å². The number of amides is 1. The molecule has 132 valence electrons. The fourth-order valence-electron chi connectivity index (χ4n) is 3.62. The van der Waals surface area contributed by atoms with Crippen LogP contribution < -0.4 is 11.1 Å². The van der Waals surface area contributed by atoms with Gasteiger partial charge >= 0.3 is 0 Å². The van der Waals surface area contributed by atoms with E-state index in [2.05, 4.69) is 41.7 Å². The van der Waals surface area contributed by atoms with Crippen LogP contribution in [0.3, 0.4) is 0 Å². The van der Waals surface area contributed by atoms with Gasteiger partial charge in [-0.25, -0.2) is 0 Å². The highest BCUT2D eigenvalue weighted by Crippen LogP contribution is 2.35. The van der Waals surface area contributed by atoms with Crippen molar-refractivity contribution in [3.05, 3.63) is 65.5 Å². The van der Waals surface area contributed by atoms with E-state index in [1.54, 1.807) is 0 Å². The molecule has 1 aliphatic rings. The summed E-state index contributed by atoms with van der Waals surface area (Å²) < 4.78 is 0. The summed E-state index contributed by atoms with van der Waals surface area (Å²) in [6.07, 6.45) is 4.52. The third-order valence-electron chi connectivity index (χ3n) is 5.04. The molecule has 0 aliphatic heterocycles. The standard InChI is InChI=1S/C22H22N2OS/c23-21-20(22(25)24-18-8-4-5-9-18)19(14-26-21)17-12-10-16(11-13-17)15-6-2-1-3-7-15/h1-3,6-7,10-14,18H,4-5,8-9,23H2,(H,24,25). The van der Waals surface area contributed by atoms with Crippen LogP contribution in [0.4, 0.5) is 5.00 Å². The molecule has 0 saturated heterocycles. The number of hydrogen-bond acceptors (Lipinski definition) is 3. The van der Waals surface area contributed by atoms with Gasteiger partial charge in [0, 0.05) is 17.0 Å². The SMILES string of the molecule is Nc1scc(-c2ccc(-c3ccccc3)cc2)c1C(=O)NC1CCCC1. The van der Waals surface area contributed by atoms with Crippen LogP contribution in [0.5, 0.6) is 0 Å². The van der Waals surface area contributed by atoms with Crippen LogP contribution >= 0.6 is 11.3 Å². The van der Waals surface area contributed by atoms with Gasteiger partial charge < -0.3 is 11.1 Å². The zero-order chi connectivity index (χ0) is 17.9. The number of nitrogens with one attached hydrogen (secondary N) is 1. The number of carbonyl (C=O) groups excluding carboxylic acids is 1. The van der Waals surface area contributed by atoms with E-state index in [0.29, 0.717) is 10.6 Å². The minimum atomic E-state index is -0.0437. The molecule has 1 heterocycles. The quantitative estimate of drug-likeness (QED) is 0.658. The van der Waals surface area contributed by atoms with Crippen LogP contribution in [0, 0.1) is 0 Å². The van der Waals surface area contributed by atoms with E-state index in [4.69, 9.17) is 5.73 Å². The van der Waals surface area contributed by atoms with Crippen molar-refractivity contribution >= 4 is 22.2 Å². The summed E-state index contributed by atoms with van der Waals surface area (Å²) in [5.74, 6) is -0.0437. The van der Waals surface area contributed by atoms with Crippen molar-refractivity contribution in [1.82, 2.24) is 5.32 Å². The van der Waals surface area contributed by atoms with Crippen LogP contribution in [-0.2, 0) is 0 Å². The lowest BCUT2D eigenvalue weighted by molar-refractivity contribution is 0.0940. The van der Waals surface area contributed by atoms with E-state index < -0.39 is 0 Å². The number of rotatable bonds is 4. The number of anilines is 1. The summed E-state index contributed by atoms with van der Waals surface area (Å²) in [6, 6.07) is 18.9. The first-order chi connectivity index (χ1) is 12.7. The monoisotopic (exact) mass is 362 g/mol. The third kappa shape index (κ3) is 3.37. The van der Waals surface area contributed by atoms with Crippen molar-refractivity contribution in [2.45, 2.75) is 31.7 Å². The molecule has 4 heteroatoms. The van der Waals surface area contributed by atoms with Gasteiger partial charge in [0.2, 0.25) is 0 Å². The van der Waals surface area contributed by atoms with Gasteiger partial charge in [0.05, 0.1) is 10.6 Å². The molecule has 0 atom stereocenters. The fraction of sp³-hybridized carbons (Fsp3) is 0.227. The van der Waals surface area contributed by atoms with Gasteiger partial charge in [-0.05, 0) is 29.5 Å². The molecule has 1 saturated carbocycles. The Bertz CT molecular complexity index is 894. The second-order valence-electron chi connectivity index (χ2n) is 6.79. The summed E-state index contributed by atoms with van der Waals surface area (Å²) in [5.41, 5.74) is 11.0. The van der Waals surface area contributed by atoms with Crippen LogP contribution in [0.1, 0.15) is 36.0 Å². The Morgan fingerprint density at radius 3 is 2.23 bits per heavy atom. The van der Waals surface area contributed by atoms with Gasteiger partial charge in [-0.15, -0.1) is 11.3 Å². The summed E-state index contributed by atoms with van der Waals surface area (Å²) >= 11 is 1.43. The van der Waals surface area contributed by atoms with Gasteiger partial charge in [0.1, 0.15) is 0 Å². The predicted octanol–water partition coefficient (Wildman–Crippen LogP) is 5.34. The number of nitrogens with two attached hydrogens (primary N) is 1. The van der Waals surface area contributed by atoms with Gasteiger partial charge in [-0.1, -0.05) is 67.4 Å². The molecule has 1 aliphatic carbocycles. The van der Waals surface area contributed by atoms with Gasteiger partial charge in [0.15, 0.2) is 0 Å². The molecule has 4 rings (SSSR count). The third-order valence-corrected chi connectivity index (χ3v) is 5.85. The molecule has 0 radical (unpaired) electrons. The first kappa shape index (κ1) is 16.9. The molecular weight excluding hydrogens is 340 g/mol. The highest BCUT2D eigenvalue weighted by atomic mass is 32.1. The molecule has 0 bridgehead atoms. The van der Waals surface area contributed by atoms with Crippen molar-refractivity contribution in [2.75, 3.05) is 5.73 Å². The summed E-state index contributed by atoms with van der Waals surface area (Å²) in [6.45, 7) is 0. The van der Waals surface area contributed by atoms with Crippen molar-refractivity contribution in [3.8, 4) is 22.3 Å². The second kappa shape index (κ2) is 7.34. The highest BCUT2D eigenvalue weighted by molar-refractivity contribution is 7.15. The summed E-state index contributed by atoms with van der Waals surface area (Å²) in [7, 11) is 0. The number of thiophene rings is 1. The number of carbonyl (C=O) groups is 1. The van der Waals surface area contributed by atoms with E-state index in [1.165, 1.54) is 29.7 Å². The Hall–Kier alpha value is -2.59. The van der Waals surface area contributed by atoms with Gasteiger partial charge in [-0.3, -0.25) is 4.79 Å². The molecule has 26 heavy (non-hydrogen) atoms. The van der Waals surface area contributed by atoms with E-state index in [1.807, 2.05) is 23.6 Å². The highest BCUT2D eigenvalue weighted by Gasteiger charge is 2.23. The summed E-state index contributed by atoms with van der Waals surface area (Å²) in [5, 5.41) is 5.73. The van der Waals surface area contributed by atoms with Crippen LogP contribution in [0.25, 0.3) is 22.3 Å². The molecule has 3 aromatic rings. The minimum Gasteiger partial charge on any atom is -0.390 e. The molecule has 1 amide bonds. The molecule has 3 nitrogen and oxygen atoms in total. The number of nitrogen functional groups attached to an aromatic ring is 1. The van der Waals surface area contributed by atoms with Crippen molar-refractivity contribution in [2.24, 2.45) is 0 Å². The smallest absolute Gasteiger partial charge is 0.255 e. The van der Waals surface area contributed by atoms with E-state index in [0.717, 1.165) is 29.5 Å². The maximum atomic E-state index is 12.8. The largest absolute Gasteiger partial charge is 0.390 e. The predicted molar refractivity (Wildman–Crippen MR) is 109 cm³/mol. The normalized spacial score (nSPS) is 14.5. The number of hydrogen-bond donors (Lipinski definition) is 2. The second-order valence-corrected chi connectivity index (χ2v) is 7.70. The Kier molecular flexibility index (Phi) is 4.76. The number of benzene rings is 2. The zero-order valence-corrected chi connectivity index (χ0v) is 15.4. The molecule has 1 fully saturated rings. The zero-order valence-electron chi connectivity index (χ0n) is 14.6. The molecule has 2 aromatic carbocycles. The lowest BCUT2D eigenvalue weighted by Crippen LogP contribution is -2.33. The van der Waals surface area contributed by atoms with E-state index in [-0.39, 0.29) is 11.9 Å². The van der Waals surface area contributed by atoms with Gasteiger partial charge in [0.25, 0.3) is 5.91 Å². The van der Waals surface area contributed by atoms with Crippen LogP contribution in [0.15, 0.2) is 60.0 Å². The molecule has 1 aromatic heterocycles. The average molecular weight is 362 g/mol. The maximum Gasteiger partial charge on any atom is 0.255 e. The molecule has 3 N–H and O–H groups in total. The molecule has 0 unspecified atom stereocenters. The fourth-order valence-corrected chi connectivity index (χ4v) is 4.44. The molecular formula is C22H22N2OS. The first-order valence-electron chi connectivity index (χ1n) is 9.06. The van der Waals surface area contributed by atoms with Crippen LogP contribution in [-0.4, -0.2) is 11.9 Å². The minimum absolute atomic E-state index is 0.0437. The lowest BCUT2D eigenvalue weighted by atomic mass is 9.99. The average Bonchev–Trinajstić information content (AvgIpc) is 3.32. The first-order valence-corrected chi connectivity index (χ1v) is 9.94. The van der Waals surface area contributed by atoms with Gasteiger partial charge in [-0.2, -0.15) is 0 Å². The van der Waals surface area contributed by atoms with Crippen molar-refractivity contribution in [3.63, 3.8) is 0 Å². The topological polar surface area (TPSA) is 55.1 Å². The van der Waals surface area contributed by atoms with E-state index >= 15 is 0 Å². The van der Waals surface area contributed by atoms with Crippen LogP contribution in [0.2, 0.25) is 0 Å². The lowest BCUT2D eigenvalue weighted by Gasteiger charge is -2.13. The maximum absolute atomic E-state index is 12.8. The Balaban J connectivity index is 1.61.